The van der Waals surface area contributed by atoms with Gasteiger partial charge in [-0.15, -0.1) is 0 Å². The van der Waals surface area contributed by atoms with E-state index in [0.29, 0.717) is 16.6 Å². The maximum atomic E-state index is 13.5. The van der Waals surface area contributed by atoms with E-state index in [1.54, 1.807) is 24.4 Å². The zero-order valence-electron chi connectivity index (χ0n) is 19.5. The minimum Gasteiger partial charge on any atom is -0.497 e. The summed E-state index contributed by atoms with van der Waals surface area (Å²) in [6, 6.07) is 23.5. The number of thioether (sulfide) groups is 1. The Kier molecular flexibility index (Phi) is 6.50. The highest BCUT2D eigenvalue weighted by Gasteiger charge is 2.33. The maximum Gasteiger partial charge on any atom is 0.267 e. The largest absolute Gasteiger partial charge is 0.497 e. The highest BCUT2D eigenvalue weighted by molar-refractivity contribution is 8.18. The van der Waals surface area contributed by atoms with E-state index >= 15 is 0 Å². The molecule has 0 aliphatic carbocycles. The molecule has 0 saturated carbocycles. The number of hydrogen-bond acceptors (Lipinski definition) is 5. The number of benzene rings is 2. The molecule has 1 aliphatic rings. The van der Waals surface area contributed by atoms with E-state index in [-0.39, 0.29) is 5.91 Å². The van der Waals surface area contributed by atoms with Gasteiger partial charge in [0.25, 0.3) is 5.91 Å². The Morgan fingerprint density at radius 1 is 1.06 bits per heavy atom. The number of carbonyl (C=O) groups excluding carboxylic acids is 1. The molecule has 35 heavy (non-hydrogen) atoms. The van der Waals surface area contributed by atoms with Gasteiger partial charge in [0.1, 0.15) is 5.75 Å². The number of amidine groups is 1. The topological polar surface area (TPSA) is 59.7 Å². The fourth-order valence-corrected chi connectivity index (χ4v) is 4.87. The predicted octanol–water partition coefficient (Wildman–Crippen LogP) is 5.99. The average Bonchev–Trinajstić information content (AvgIpc) is 3.39. The van der Waals surface area contributed by atoms with Crippen molar-refractivity contribution in [3.8, 4) is 11.4 Å². The standard InChI is InChI=1S/C28H24N4O2S/c1-20-15-22(19-31(20)24-10-12-25(34-2)13-11-24)16-26-27(33)32(18-21-7-6-14-29-17-21)28(35-26)30-23-8-4-3-5-9-23/h3-17,19H,18H2,1-2H3/b26-16+,30-28?. The Hall–Kier alpha value is -4.10. The molecule has 0 radical (unpaired) electrons. The summed E-state index contributed by atoms with van der Waals surface area (Å²) < 4.78 is 7.37. The second kappa shape index (κ2) is 10.0. The summed E-state index contributed by atoms with van der Waals surface area (Å²) in [4.78, 5) is 24.8. The van der Waals surface area contributed by atoms with E-state index in [4.69, 9.17) is 9.73 Å². The van der Waals surface area contributed by atoms with Gasteiger partial charge in [0, 0.05) is 30.0 Å². The molecule has 1 aliphatic heterocycles. The molecule has 2 aromatic carbocycles. The van der Waals surface area contributed by atoms with Gasteiger partial charge in [0.15, 0.2) is 5.17 Å². The van der Waals surface area contributed by atoms with Crippen LogP contribution in [0.5, 0.6) is 5.75 Å². The molecular formula is C28H24N4O2S. The van der Waals surface area contributed by atoms with Crippen LogP contribution in [0.4, 0.5) is 5.69 Å². The Balaban J connectivity index is 1.47. The molecule has 1 amide bonds. The van der Waals surface area contributed by atoms with E-state index in [1.165, 1.54) is 11.8 Å². The third-order valence-electron chi connectivity index (χ3n) is 5.61. The van der Waals surface area contributed by atoms with Gasteiger partial charge >= 0.3 is 0 Å². The number of hydrogen-bond donors (Lipinski definition) is 0. The lowest BCUT2D eigenvalue weighted by Crippen LogP contribution is -2.28. The summed E-state index contributed by atoms with van der Waals surface area (Å²) in [6.45, 7) is 2.46. The number of ether oxygens (including phenoxy) is 1. The normalized spacial score (nSPS) is 15.8. The molecule has 0 N–H and O–H groups in total. The molecule has 4 aromatic rings. The molecule has 6 nitrogen and oxygen atoms in total. The summed E-state index contributed by atoms with van der Waals surface area (Å²) >= 11 is 1.39. The van der Waals surface area contributed by atoms with Gasteiger partial charge < -0.3 is 9.30 Å². The molecule has 1 saturated heterocycles. The van der Waals surface area contributed by atoms with Gasteiger partial charge in [-0.25, -0.2) is 4.99 Å². The number of pyridine rings is 1. The summed E-state index contributed by atoms with van der Waals surface area (Å²) in [7, 11) is 1.66. The summed E-state index contributed by atoms with van der Waals surface area (Å²) in [6.07, 6.45) is 7.47. The molecule has 5 rings (SSSR count). The van der Waals surface area contributed by atoms with Gasteiger partial charge in [-0.05, 0) is 84.4 Å². The second-order valence-corrected chi connectivity index (χ2v) is 9.09. The van der Waals surface area contributed by atoms with Gasteiger partial charge in [-0.2, -0.15) is 0 Å². The highest BCUT2D eigenvalue weighted by atomic mass is 32.2. The average molecular weight is 481 g/mol. The predicted molar refractivity (Wildman–Crippen MR) is 141 cm³/mol. The van der Waals surface area contributed by atoms with Gasteiger partial charge in [0.05, 0.1) is 24.2 Å². The third kappa shape index (κ3) is 5.05. The van der Waals surface area contributed by atoms with Gasteiger partial charge in [-0.3, -0.25) is 14.7 Å². The van der Waals surface area contributed by atoms with Crippen LogP contribution in [0.2, 0.25) is 0 Å². The Labute approximate surface area is 208 Å². The smallest absolute Gasteiger partial charge is 0.267 e. The number of aryl methyl sites for hydroxylation is 1. The number of aromatic nitrogens is 2. The van der Waals surface area contributed by atoms with Crippen LogP contribution >= 0.6 is 11.8 Å². The van der Waals surface area contributed by atoms with E-state index < -0.39 is 0 Å². The molecule has 0 atom stereocenters. The van der Waals surface area contributed by atoms with Crippen molar-refractivity contribution in [2.75, 3.05) is 7.11 Å². The van der Waals surface area contributed by atoms with Crippen LogP contribution in [0.15, 0.2) is 101 Å². The first-order valence-electron chi connectivity index (χ1n) is 11.2. The zero-order chi connectivity index (χ0) is 24.2. The fourth-order valence-electron chi connectivity index (χ4n) is 3.87. The van der Waals surface area contributed by atoms with Crippen molar-refractivity contribution in [2.24, 2.45) is 4.99 Å². The number of para-hydroxylation sites is 1. The first-order chi connectivity index (χ1) is 17.1. The van der Waals surface area contributed by atoms with Crippen molar-refractivity contribution in [2.45, 2.75) is 13.5 Å². The SMILES string of the molecule is COc1ccc(-n2cc(/C=C3/SC(=Nc4ccccc4)N(Cc4cccnc4)C3=O)cc2C)cc1. The number of aliphatic imine (C=N–C) groups is 1. The van der Waals surface area contributed by atoms with Gasteiger partial charge in [-0.1, -0.05) is 24.3 Å². The summed E-state index contributed by atoms with van der Waals surface area (Å²) in [5.74, 6) is 0.746. The summed E-state index contributed by atoms with van der Waals surface area (Å²) in [5, 5.41) is 0.655. The zero-order valence-corrected chi connectivity index (χ0v) is 20.3. The minimum absolute atomic E-state index is 0.0663. The Bertz CT molecular complexity index is 1390. The first-order valence-corrected chi connectivity index (χ1v) is 12.0. The fraction of sp³-hybridized carbons (Fsp3) is 0.107. The van der Waals surface area contributed by atoms with Crippen molar-refractivity contribution in [1.82, 2.24) is 14.5 Å². The van der Waals surface area contributed by atoms with E-state index in [0.717, 1.165) is 33.9 Å². The lowest BCUT2D eigenvalue weighted by atomic mass is 10.2. The lowest BCUT2D eigenvalue weighted by Gasteiger charge is -2.15. The van der Waals surface area contributed by atoms with E-state index in [1.807, 2.05) is 85.9 Å². The highest BCUT2D eigenvalue weighted by Crippen LogP contribution is 2.35. The van der Waals surface area contributed by atoms with Crippen molar-refractivity contribution in [3.05, 3.63) is 113 Å². The number of carbonyl (C=O) groups is 1. The number of nitrogens with zero attached hydrogens (tertiary/aromatic N) is 4. The van der Waals surface area contributed by atoms with Crippen molar-refractivity contribution in [3.63, 3.8) is 0 Å². The van der Waals surface area contributed by atoms with Crippen LogP contribution < -0.4 is 4.74 Å². The van der Waals surface area contributed by atoms with E-state index in [2.05, 4.69) is 15.6 Å². The van der Waals surface area contributed by atoms with Crippen molar-refractivity contribution >= 4 is 34.6 Å². The monoisotopic (exact) mass is 480 g/mol. The molecule has 1 fully saturated rings. The third-order valence-corrected chi connectivity index (χ3v) is 6.62. The molecular weight excluding hydrogens is 456 g/mol. The van der Waals surface area contributed by atoms with Crippen LogP contribution in [0, 0.1) is 6.92 Å². The molecule has 2 aromatic heterocycles. The number of rotatable bonds is 6. The Morgan fingerprint density at radius 2 is 1.86 bits per heavy atom. The molecule has 174 valence electrons. The van der Waals surface area contributed by atoms with Crippen LogP contribution in [-0.4, -0.2) is 32.6 Å². The summed E-state index contributed by atoms with van der Waals surface area (Å²) in [5.41, 5.74) is 4.81. The number of amides is 1. The molecule has 7 heteroatoms. The van der Waals surface area contributed by atoms with E-state index in [9.17, 15) is 4.79 Å². The first kappa shape index (κ1) is 22.7. The van der Waals surface area contributed by atoms with Crippen LogP contribution in [0.1, 0.15) is 16.8 Å². The van der Waals surface area contributed by atoms with Crippen molar-refractivity contribution < 1.29 is 9.53 Å². The van der Waals surface area contributed by atoms with Crippen LogP contribution in [-0.2, 0) is 11.3 Å². The lowest BCUT2D eigenvalue weighted by molar-refractivity contribution is -0.122. The molecule has 0 unspecified atom stereocenters. The number of methoxy groups -OCH3 is 1. The quantitative estimate of drug-likeness (QED) is 0.318. The second-order valence-electron chi connectivity index (χ2n) is 8.08. The maximum absolute atomic E-state index is 13.5. The van der Waals surface area contributed by atoms with Crippen molar-refractivity contribution in [1.29, 1.82) is 0 Å². The van der Waals surface area contributed by atoms with Crippen LogP contribution in [0.3, 0.4) is 0 Å². The minimum atomic E-state index is -0.0663. The Morgan fingerprint density at radius 3 is 2.57 bits per heavy atom. The molecule has 0 bridgehead atoms. The molecule has 0 spiro atoms. The molecule has 3 heterocycles. The van der Waals surface area contributed by atoms with Crippen LogP contribution in [0.25, 0.3) is 11.8 Å². The van der Waals surface area contributed by atoms with Gasteiger partial charge in [0.2, 0.25) is 0 Å².